The minimum atomic E-state index is -1.54. The minimum absolute atomic E-state index is 0.0234. The van der Waals surface area contributed by atoms with Crippen molar-refractivity contribution in [3.8, 4) is 5.88 Å². The lowest BCUT2D eigenvalue weighted by Crippen LogP contribution is -2.40. The molecular formula is C22H24FN5O5. The predicted octanol–water partition coefficient (Wildman–Crippen LogP) is 0.609. The van der Waals surface area contributed by atoms with E-state index in [2.05, 4.69) is 10.4 Å². The van der Waals surface area contributed by atoms with Crippen molar-refractivity contribution < 1.29 is 23.8 Å². The molecule has 2 aliphatic heterocycles. The van der Waals surface area contributed by atoms with Crippen molar-refractivity contribution in [1.82, 2.24) is 24.4 Å². The molecule has 33 heavy (non-hydrogen) atoms. The number of alkyl halides is 1. The first-order valence-electron chi connectivity index (χ1n) is 11.3. The molecule has 174 valence electrons. The summed E-state index contributed by atoms with van der Waals surface area (Å²) in [7, 11) is 0. The van der Waals surface area contributed by atoms with Gasteiger partial charge in [0.2, 0.25) is 11.8 Å². The van der Waals surface area contributed by atoms with E-state index in [-0.39, 0.29) is 36.3 Å². The number of nitrogens with one attached hydrogen (secondary N) is 1. The average Bonchev–Trinajstić information content (AvgIpc) is 3.57. The molecule has 2 saturated carbocycles. The van der Waals surface area contributed by atoms with Crippen LogP contribution in [0.5, 0.6) is 5.88 Å². The van der Waals surface area contributed by atoms with E-state index in [0.29, 0.717) is 31.6 Å². The average molecular weight is 457 g/mol. The fourth-order valence-electron chi connectivity index (χ4n) is 4.66. The third-order valence-corrected chi connectivity index (χ3v) is 6.87. The van der Waals surface area contributed by atoms with Crippen LogP contribution in [0, 0.1) is 0 Å². The molecule has 4 aliphatic rings. The lowest BCUT2D eigenvalue weighted by molar-refractivity contribution is -0.130. The van der Waals surface area contributed by atoms with Crippen molar-refractivity contribution in [2.75, 3.05) is 13.2 Å². The molecule has 2 aromatic heterocycles. The lowest BCUT2D eigenvalue weighted by atomic mass is 10.2. The number of fused-ring (bicyclic) bond motifs is 3. The molecule has 4 heterocycles. The molecule has 4 fully saturated rings. The zero-order valence-electron chi connectivity index (χ0n) is 17.9. The Hall–Kier alpha value is -3.21. The van der Waals surface area contributed by atoms with Gasteiger partial charge in [0.05, 0.1) is 31.5 Å². The van der Waals surface area contributed by atoms with Gasteiger partial charge in [-0.1, -0.05) is 0 Å². The number of carbonyl (C=O) groups is 2. The second-order valence-electron chi connectivity index (χ2n) is 9.49. The van der Waals surface area contributed by atoms with E-state index in [0.717, 1.165) is 28.3 Å². The first-order chi connectivity index (χ1) is 15.8. The summed E-state index contributed by atoms with van der Waals surface area (Å²) < 4.78 is 22.5. The van der Waals surface area contributed by atoms with Crippen LogP contribution in [0.1, 0.15) is 48.0 Å². The molecule has 0 aromatic carbocycles. The highest BCUT2D eigenvalue weighted by Gasteiger charge is 2.45. The number of hydrogen-bond donors (Lipinski definition) is 2. The molecule has 2 atom stereocenters. The van der Waals surface area contributed by atoms with E-state index in [9.17, 15) is 23.9 Å². The SMILES string of the molecule is O=C(NC1CC1)c1c(O)n2ncc(/C=C/C(=O)N3C[C@H]4C[C@@H]3CO4)c2n(CC2(F)CC2)c1=O. The maximum absolute atomic E-state index is 14.7. The minimum Gasteiger partial charge on any atom is -0.492 e. The number of nitrogens with zero attached hydrogens (tertiary/aromatic N) is 4. The van der Waals surface area contributed by atoms with Crippen LogP contribution in [0.15, 0.2) is 17.1 Å². The van der Waals surface area contributed by atoms with Crippen molar-refractivity contribution in [2.24, 2.45) is 0 Å². The summed E-state index contributed by atoms with van der Waals surface area (Å²) in [5.74, 6) is -1.49. The smallest absolute Gasteiger partial charge is 0.270 e. The molecule has 6 rings (SSSR count). The summed E-state index contributed by atoms with van der Waals surface area (Å²) in [6.45, 7) is 0.809. The van der Waals surface area contributed by atoms with Gasteiger partial charge >= 0.3 is 0 Å². The van der Waals surface area contributed by atoms with Gasteiger partial charge in [0.25, 0.3) is 11.5 Å². The van der Waals surface area contributed by atoms with E-state index in [1.165, 1.54) is 18.3 Å². The van der Waals surface area contributed by atoms with Crippen LogP contribution in [0.25, 0.3) is 11.7 Å². The molecule has 2 bridgehead atoms. The fraction of sp³-hybridized carbons (Fsp3) is 0.545. The second-order valence-corrected chi connectivity index (χ2v) is 9.49. The van der Waals surface area contributed by atoms with Crippen molar-refractivity contribution in [1.29, 1.82) is 0 Å². The van der Waals surface area contributed by atoms with E-state index in [4.69, 9.17) is 4.74 Å². The largest absolute Gasteiger partial charge is 0.492 e. The molecule has 10 nitrogen and oxygen atoms in total. The standard InChI is InChI=1S/C22H24FN5O5/c23-22(5-6-22)11-27-19-12(1-4-16(29)26-9-15-7-14(26)10-33-15)8-24-28(19)21(32)17(20(27)31)18(30)25-13-2-3-13/h1,4,8,13-15,32H,2-3,5-7,9-11H2,(H,25,30)/b4-1+/t14-,15-/m1/s1. The Balaban J connectivity index is 1.39. The number of hydrogen-bond acceptors (Lipinski definition) is 6. The van der Waals surface area contributed by atoms with Gasteiger partial charge in [-0.15, -0.1) is 0 Å². The van der Waals surface area contributed by atoms with E-state index in [1.807, 2.05) is 0 Å². The Kier molecular flexibility index (Phi) is 4.42. The fourth-order valence-corrected chi connectivity index (χ4v) is 4.66. The quantitative estimate of drug-likeness (QED) is 0.614. The van der Waals surface area contributed by atoms with Crippen LogP contribution in [0.3, 0.4) is 0 Å². The Morgan fingerprint density at radius 2 is 2.15 bits per heavy atom. The number of amides is 2. The zero-order chi connectivity index (χ0) is 22.9. The monoisotopic (exact) mass is 457 g/mol. The molecule has 11 heteroatoms. The molecule has 0 radical (unpaired) electrons. The number of aromatic hydroxyl groups is 1. The molecule has 0 unspecified atom stereocenters. The first kappa shape index (κ1) is 20.4. The van der Waals surface area contributed by atoms with Gasteiger partial charge in [0.1, 0.15) is 11.3 Å². The predicted molar refractivity (Wildman–Crippen MR) is 114 cm³/mol. The molecule has 2 aromatic rings. The Morgan fingerprint density at radius 1 is 1.36 bits per heavy atom. The first-order valence-corrected chi connectivity index (χ1v) is 11.3. The van der Waals surface area contributed by atoms with Crippen LogP contribution < -0.4 is 10.9 Å². The summed E-state index contributed by atoms with van der Waals surface area (Å²) in [6, 6.07) is 0.0388. The molecular weight excluding hydrogens is 433 g/mol. The van der Waals surface area contributed by atoms with Gasteiger partial charge in [0.15, 0.2) is 5.56 Å². The topological polar surface area (TPSA) is 118 Å². The molecule has 2 saturated heterocycles. The third-order valence-electron chi connectivity index (χ3n) is 6.87. The van der Waals surface area contributed by atoms with Crippen LogP contribution in [-0.4, -0.2) is 73.0 Å². The van der Waals surface area contributed by atoms with Gasteiger partial charge in [-0.3, -0.25) is 19.0 Å². The summed E-state index contributed by atoms with van der Waals surface area (Å²) in [5, 5.41) is 17.5. The zero-order valence-corrected chi connectivity index (χ0v) is 17.9. The molecule has 2 aliphatic carbocycles. The van der Waals surface area contributed by atoms with Crippen molar-refractivity contribution in [3.63, 3.8) is 0 Å². The molecule has 2 amide bonds. The third kappa shape index (κ3) is 3.50. The van der Waals surface area contributed by atoms with E-state index >= 15 is 0 Å². The second kappa shape index (κ2) is 7.14. The molecule has 0 spiro atoms. The van der Waals surface area contributed by atoms with E-state index in [1.54, 1.807) is 4.90 Å². The molecule has 2 N–H and O–H groups in total. The highest BCUT2D eigenvalue weighted by molar-refractivity contribution is 5.97. The number of aromatic nitrogens is 3. The number of ether oxygens (including phenoxy) is 1. The van der Waals surface area contributed by atoms with Gasteiger partial charge < -0.3 is 20.1 Å². The summed E-state index contributed by atoms with van der Waals surface area (Å²) in [6.07, 6.45) is 7.43. The Bertz CT molecular complexity index is 1260. The number of morpholine rings is 1. The maximum Gasteiger partial charge on any atom is 0.270 e. The summed E-state index contributed by atoms with van der Waals surface area (Å²) >= 11 is 0. The van der Waals surface area contributed by atoms with Crippen molar-refractivity contribution in [3.05, 3.63) is 33.8 Å². The van der Waals surface area contributed by atoms with Gasteiger partial charge in [-0.25, -0.2) is 4.39 Å². The van der Waals surface area contributed by atoms with Gasteiger partial charge in [0, 0.05) is 24.2 Å². The van der Waals surface area contributed by atoms with Gasteiger partial charge in [-0.05, 0) is 38.2 Å². The Morgan fingerprint density at radius 3 is 2.79 bits per heavy atom. The number of rotatable bonds is 6. The normalized spacial score (nSPS) is 25.3. The highest BCUT2D eigenvalue weighted by Crippen LogP contribution is 2.41. The lowest BCUT2D eigenvalue weighted by Gasteiger charge is -2.25. The number of halogens is 1. The number of likely N-dealkylation sites (tertiary alicyclic amines) is 1. The Labute approximate surface area is 187 Å². The van der Waals surface area contributed by atoms with Crippen molar-refractivity contribution in [2.45, 2.75) is 62.5 Å². The van der Waals surface area contributed by atoms with Crippen LogP contribution >= 0.6 is 0 Å². The maximum atomic E-state index is 14.7. The van der Waals surface area contributed by atoms with Crippen LogP contribution in [0.2, 0.25) is 0 Å². The van der Waals surface area contributed by atoms with Gasteiger partial charge in [-0.2, -0.15) is 9.61 Å². The number of carbonyl (C=O) groups excluding carboxylic acids is 2. The highest BCUT2D eigenvalue weighted by atomic mass is 19.1. The summed E-state index contributed by atoms with van der Waals surface area (Å²) in [5.41, 5.74) is -2.27. The van der Waals surface area contributed by atoms with Crippen LogP contribution in [-0.2, 0) is 16.1 Å². The van der Waals surface area contributed by atoms with Crippen LogP contribution in [0.4, 0.5) is 4.39 Å². The van der Waals surface area contributed by atoms with E-state index < -0.39 is 28.6 Å². The summed E-state index contributed by atoms with van der Waals surface area (Å²) in [4.78, 5) is 40.4. The van der Waals surface area contributed by atoms with Crippen molar-refractivity contribution >= 4 is 23.5 Å².